The molecule has 1 heterocycles. The third-order valence-corrected chi connectivity index (χ3v) is 4.11. The van der Waals surface area contributed by atoms with Gasteiger partial charge < -0.3 is 10.6 Å². The van der Waals surface area contributed by atoms with Gasteiger partial charge in [0.1, 0.15) is 0 Å². The first kappa shape index (κ1) is 16.5. The molecule has 2 N–H and O–H groups in total. The molecule has 6 heteroatoms. The van der Waals surface area contributed by atoms with E-state index in [0.717, 1.165) is 11.1 Å². The highest BCUT2D eigenvalue weighted by molar-refractivity contribution is 7.08. The topological polar surface area (TPSA) is 58.2 Å². The number of benzene rings is 1. The van der Waals surface area contributed by atoms with E-state index in [2.05, 4.69) is 10.6 Å². The maximum atomic E-state index is 12.1. The van der Waals surface area contributed by atoms with E-state index in [1.165, 1.54) is 0 Å². The van der Waals surface area contributed by atoms with Gasteiger partial charge in [-0.3, -0.25) is 9.59 Å². The van der Waals surface area contributed by atoms with E-state index in [4.69, 9.17) is 11.6 Å². The van der Waals surface area contributed by atoms with Crippen LogP contribution in [0, 0.1) is 0 Å². The normalized spacial score (nSPS) is 11.7. The Hall–Kier alpha value is -1.85. The van der Waals surface area contributed by atoms with Gasteiger partial charge in [-0.1, -0.05) is 30.7 Å². The summed E-state index contributed by atoms with van der Waals surface area (Å²) in [4.78, 5) is 23.3. The molecule has 1 aromatic heterocycles. The molecule has 0 saturated heterocycles. The van der Waals surface area contributed by atoms with Crippen molar-refractivity contribution in [1.82, 2.24) is 10.6 Å². The molecule has 0 aliphatic carbocycles. The van der Waals surface area contributed by atoms with Crippen molar-refractivity contribution in [3.8, 4) is 0 Å². The molecule has 0 unspecified atom stereocenters. The summed E-state index contributed by atoms with van der Waals surface area (Å²) in [5.74, 6) is -0.373. The van der Waals surface area contributed by atoms with Crippen LogP contribution in [0.25, 0.3) is 0 Å². The van der Waals surface area contributed by atoms with Gasteiger partial charge in [-0.25, -0.2) is 0 Å². The second kappa shape index (κ2) is 7.96. The molecule has 116 valence electrons. The first-order valence-electron chi connectivity index (χ1n) is 6.93. The Kier molecular flexibility index (Phi) is 5.98. The molecule has 22 heavy (non-hydrogen) atoms. The van der Waals surface area contributed by atoms with E-state index < -0.39 is 0 Å². The SMILES string of the molecule is CCC(=O)NCC(=O)N[C@@H](c1ccc(Cl)cc1)c1ccsc1. The van der Waals surface area contributed by atoms with Gasteiger partial charge in [-0.15, -0.1) is 0 Å². The highest BCUT2D eigenvalue weighted by Crippen LogP contribution is 2.25. The van der Waals surface area contributed by atoms with Gasteiger partial charge in [0.2, 0.25) is 11.8 Å². The predicted octanol–water partition coefficient (Wildman–Crippen LogP) is 3.13. The number of halogens is 1. The van der Waals surface area contributed by atoms with Crippen molar-refractivity contribution in [2.24, 2.45) is 0 Å². The van der Waals surface area contributed by atoms with Crippen LogP contribution in [0.5, 0.6) is 0 Å². The Morgan fingerprint density at radius 3 is 2.45 bits per heavy atom. The summed E-state index contributed by atoms with van der Waals surface area (Å²) in [6.45, 7) is 1.72. The predicted molar refractivity (Wildman–Crippen MR) is 89.1 cm³/mol. The number of hydrogen-bond donors (Lipinski definition) is 2. The third kappa shape index (κ3) is 4.58. The van der Waals surface area contributed by atoms with Crippen molar-refractivity contribution >= 4 is 34.8 Å². The number of thiophene rings is 1. The van der Waals surface area contributed by atoms with Crippen LogP contribution < -0.4 is 10.6 Å². The molecular formula is C16H17ClN2O2S. The van der Waals surface area contributed by atoms with Gasteiger partial charge >= 0.3 is 0 Å². The molecule has 0 aliphatic heterocycles. The van der Waals surface area contributed by atoms with Crippen molar-refractivity contribution in [1.29, 1.82) is 0 Å². The first-order valence-corrected chi connectivity index (χ1v) is 8.26. The maximum Gasteiger partial charge on any atom is 0.240 e. The molecule has 0 saturated carbocycles. The van der Waals surface area contributed by atoms with Crippen LogP contribution in [-0.2, 0) is 9.59 Å². The van der Waals surface area contributed by atoms with Crippen LogP contribution in [0.1, 0.15) is 30.5 Å². The lowest BCUT2D eigenvalue weighted by molar-refractivity contribution is -0.126. The minimum atomic E-state index is -0.255. The Morgan fingerprint density at radius 2 is 1.86 bits per heavy atom. The highest BCUT2D eigenvalue weighted by atomic mass is 35.5. The lowest BCUT2D eigenvalue weighted by Crippen LogP contribution is -2.38. The van der Waals surface area contributed by atoms with Gasteiger partial charge in [0.25, 0.3) is 0 Å². The van der Waals surface area contributed by atoms with E-state index in [-0.39, 0.29) is 24.4 Å². The van der Waals surface area contributed by atoms with Crippen molar-refractivity contribution in [3.63, 3.8) is 0 Å². The quantitative estimate of drug-likeness (QED) is 0.851. The van der Waals surface area contributed by atoms with Crippen molar-refractivity contribution in [2.75, 3.05) is 6.54 Å². The van der Waals surface area contributed by atoms with Crippen LogP contribution in [0.15, 0.2) is 41.1 Å². The van der Waals surface area contributed by atoms with Crippen molar-refractivity contribution in [2.45, 2.75) is 19.4 Å². The average Bonchev–Trinajstić information content (AvgIpc) is 3.05. The van der Waals surface area contributed by atoms with Crippen molar-refractivity contribution < 1.29 is 9.59 Å². The Bertz CT molecular complexity index is 626. The largest absolute Gasteiger partial charge is 0.347 e. The summed E-state index contributed by atoms with van der Waals surface area (Å²) in [6, 6.07) is 9.07. The molecule has 0 radical (unpaired) electrons. The average molecular weight is 337 g/mol. The second-order valence-corrected chi connectivity index (χ2v) is 5.96. The number of amides is 2. The number of hydrogen-bond acceptors (Lipinski definition) is 3. The molecule has 1 atom stereocenters. The first-order chi connectivity index (χ1) is 10.6. The summed E-state index contributed by atoms with van der Waals surface area (Å²) in [5, 5.41) is 10.1. The van der Waals surface area contributed by atoms with Gasteiger partial charge in [-0.2, -0.15) is 11.3 Å². The Balaban J connectivity index is 2.10. The van der Waals surface area contributed by atoms with Crippen LogP contribution >= 0.6 is 22.9 Å². The molecule has 2 amide bonds. The van der Waals surface area contributed by atoms with Crippen LogP contribution in [0.2, 0.25) is 5.02 Å². The number of nitrogens with one attached hydrogen (secondary N) is 2. The zero-order chi connectivity index (χ0) is 15.9. The van der Waals surface area contributed by atoms with Crippen LogP contribution in [0.3, 0.4) is 0 Å². The summed E-state index contributed by atoms with van der Waals surface area (Å²) in [5.41, 5.74) is 1.94. The molecule has 0 bridgehead atoms. The lowest BCUT2D eigenvalue weighted by atomic mass is 10.0. The zero-order valence-corrected chi connectivity index (χ0v) is 13.7. The highest BCUT2D eigenvalue weighted by Gasteiger charge is 2.17. The minimum absolute atomic E-state index is 0.0269. The van der Waals surface area contributed by atoms with E-state index >= 15 is 0 Å². The Morgan fingerprint density at radius 1 is 1.14 bits per heavy atom. The fourth-order valence-electron chi connectivity index (χ4n) is 1.97. The number of carbonyl (C=O) groups excluding carboxylic acids is 2. The second-order valence-electron chi connectivity index (χ2n) is 4.74. The van der Waals surface area contributed by atoms with Gasteiger partial charge in [0.15, 0.2) is 0 Å². The van der Waals surface area contributed by atoms with Gasteiger partial charge in [0, 0.05) is 11.4 Å². The number of rotatable bonds is 6. The van der Waals surface area contributed by atoms with E-state index in [1.807, 2.05) is 29.0 Å². The van der Waals surface area contributed by atoms with E-state index in [9.17, 15) is 9.59 Å². The smallest absolute Gasteiger partial charge is 0.240 e. The summed E-state index contributed by atoms with van der Waals surface area (Å²) in [6.07, 6.45) is 0.360. The zero-order valence-electron chi connectivity index (χ0n) is 12.1. The molecular weight excluding hydrogens is 320 g/mol. The third-order valence-electron chi connectivity index (χ3n) is 3.15. The fraction of sp³-hybridized carbons (Fsp3) is 0.250. The van der Waals surface area contributed by atoms with Crippen LogP contribution in [0.4, 0.5) is 0 Å². The minimum Gasteiger partial charge on any atom is -0.347 e. The molecule has 0 spiro atoms. The lowest BCUT2D eigenvalue weighted by Gasteiger charge is -2.19. The monoisotopic (exact) mass is 336 g/mol. The maximum absolute atomic E-state index is 12.1. The van der Waals surface area contributed by atoms with Crippen molar-refractivity contribution in [3.05, 3.63) is 57.2 Å². The van der Waals surface area contributed by atoms with Gasteiger partial charge in [-0.05, 0) is 40.1 Å². The van der Waals surface area contributed by atoms with Gasteiger partial charge in [0.05, 0.1) is 12.6 Å². The molecule has 2 aromatic rings. The Labute approximate surface area is 138 Å². The van der Waals surface area contributed by atoms with E-state index in [1.54, 1.807) is 30.4 Å². The van der Waals surface area contributed by atoms with Crippen LogP contribution in [-0.4, -0.2) is 18.4 Å². The summed E-state index contributed by atoms with van der Waals surface area (Å²) < 4.78 is 0. The standard InChI is InChI=1S/C16H17ClN2O2S/c1-2-14(20)18-9-15(21)19-16(12-7-8-22-10-12)11-3-5-13(17)6-4-11/h3-8,10,16H,2,9H2,1H3,(H,18,20)(H,19,21)/t16-/m0/s1. The summed E-state index contributed by atoms with van der Waals surface area (Å²) >= 11 is 7.48. The summed E-state index contributed by atoms with van der Waals surface area (Å²) in [7, 11) is 0. The fourth-order valence-corrected chi connectivity index (χ4v) is 2.78. The molecule has 4 nitrogen and oxygen atoms in total. The molecule has 0 fully saturated rings. The van der Waals surface area contributed by atoms with E-state index in [0.29, 0.717) is 11.4 Å². The molecule has 0 aliphatic rings. The number of carbonyl (C=O) groups is 2. The molecule has 2 rings (SSSR count). The molecule has 1 aromatic carbocycles.